The van der Waals surface area contributed by atoms with Crippen molar-refractivity contribution in [1.82, 2.24) is 0 Å². The Morgan fingerprint density at radius 3 is 2.50 bits per heavy atom. The summed E-state index contributed by atoms with van der Waals surface area (Å²) in [4.78, 5) is 9.99. The summed E-state index contributed by atoms with van der Waals surface area (Å²) in [7, 11) is 0. The number of hydrogen-bond acceptors (Lipinski definition) is 2. The molecule has 2 heteroatoms. The number of rotatable bonds is 2. The summed E-state index contributed by atoms with van der Waals surface area (Å²) < 4.78 is 4.90. The molecule has 58 valence electrons. The lowest BCUT2D eigenvalue weighted by Gasteiger charge is -2.11. The minimum atomic E-state index is 0.187. The van der Waals surface area contributed by atoms with E-state index in [1.165, 1.54) is 6.42 Å². The first-order valence-electron chi connectivity index (χ1n) is 3.83. The molecule has 0 spiro atoms. The Bertz CT molecular complexity index is 122. The largest absolute Gasteiger partial charge is 0.464 e. The number of hydrogen-bond donors (Lipinski definition) is 0. The molecule has 0 aliphatic heterocycles. The Morgan fingerprint density at radius 1 is 1.40 bits per heavy atom. The van der Waals surface area contributed by atoms with Crippen molar-refractivity contribution in [3.05, 3.63) is 0 Å². The van der Waals surface area contributed by atoms with Gasteiger partial charge in [0.15, 0.2) is 0 Å². The van der Waals surface area contributed by atoms with Crippen molar-refractivity contribution in [1.29, 1.82) is 0 Å². The van der Waals surface area contributed by atoms with Crippen molar-refractivity contribution in [3.63, 3.8) is 0 Å². The molecule has 1 rings (SSSR count). The second kappa shape index (κ2) is 3.04. The fourth-order valence-corrected chi connectivity index (χ4v) is 1.77. The summed E-state index contributed by atoms with van der Waals surface area (Å²) >= 11 is 0. The van der Waals surface area contributed by atoms with Crippen LogP contribution in [0, 0.1) is 11.8 Å². The molecule has 1 aliphatic rings. The van der Waals surface area contributed by atoms with E-state index in [0.717, 1.165) is 12.3 Å². The average molecular weight is 142 g/mol. The third-order valence-corrected chi connectivity index (χ3v) is 2.27. The quantitative estimate of drug-likeness (QED) is 0.547. The third kappa shape index (κ3) is 1.49. The van der Waals surface area contributed by atoms with Gasteiger partial charge < -0.3 is 4.74 Å². The SMILES string of the molecule is CC1CC(C)C(OC=O)C1. The minimum Gasteiger partial charge on any atom is -0.464 e. The van der Waals surface area contributed by atoms with Gasteiger partial charge >= 0.3 is 0 Å². The topological polar surface area (TPSA) is 26.3 Å². The zero-order chi connectivity index (χ0) is 7.56. The van der Waals surface area contributed by atoms with Gasteiger partial charge in [-0.15, -0.1) is 0 Å². The van der Waals surface area contributed by atoms with Crippen LogP contribution >= 0.6 is 0 Å². The van der Waals surface area contributed by atoms with E-state index in [2.05, 4.69) is 13.8 Å². The molecule has 0 bridgehead atoms. The monoisotopic (exact) mass is 142 g/mol. The summed E-state index contributed by atoms with van der Waals surface area (Å²) in [5.74, 6) is 1.28. The Hall–Kier alpha value is -0.530. The first kappa shape index (κ1) is 7.58. The highest BCUT2D eigenvalue weighted by Gasteiger charge is 2.29. The van der Waals surface area contributed by atoms with Gasteiger partial charge in [-0.05, 0) is 24.7 Å². The van der Waals surface area contributed by atoms with Gasteiger partial charge in [0.2, 0.25) is 0 Å². The van der Waals surface area contributed by atoms with Crippen LogP contribution in [0.3, 0.4) is 0 Å². The lowest BCUT2D eigenvalue weighted by atomic mass is 10.1. The fraction of sp³-hybridized carbons (Fsp3) is 0.875. The van der Waals surface area contributed by atoms with Gasteiger partial charge in [-0.3, -0.25) is 4.79 Å². The highest BCUT2D eigenvalue weighted by Crippen LogP contribution is 2.31. The first-order chi connectivity index (χ1) is 4.74. The Kier molecular flexibility index (Phi) is 2.30. The van der Waals surface area contributed by atoms with E-state index in [-0.39, 0.29) is 6.10 Å². The van der Waals surface area contributed by atoms with E-state index < -0.39 is 0 Å². The molecular formula is C8H14O2. The molecule has 0 radical (unpaired) electrons. The molecule has 3 atom stereocenters. The molecule has 0 aromatic rings. The molecule has 0 aromatic heterocycles. The maximum absolute atomic E-state index is 9.99. The fourth-order valence-electron chi connectivity index (χ4n) is 1.77. The van der Waals surface area contributed by atoms with Crippen LogP contribution in [-0.4, -0.2) is 12.6 Å². The van der Waals surface area contributed by atoms with Gasteiger partial charge in [-0.2, -0.15) is 0 Å². The van der Waals surface area contributed by atoms with E-state index in [9.17, 15) is 4.79 Å². The Labute approximate surface area is 61.6 Å². The van der Waals surface area contributed by atoms with Crippen molar-refractivity contribution in [2.45, 2.75) is 32.8 Å². The molecule has 0 saturated heterocycles. The van der Waals surface area contributed by atoms with Gasteiger partial charge in [0.1, 0.15) is 6.10 Å². The van der Waals surface area contributed by atoms with Gasteiger partial charge in [0, 0.05) is 0 Å². The standard InChI is InChI=1S/C8H14O2/c1-6-3-7(2)8(4-6)10-5-9/h5-8H,3-4H2,1-2H3. The molecule has 0 heterocycles. The van der Waals surface area contributed by atoms with Crippen LogP contribution in [0.25, 0.3) is 0 Å². The summed E-state index contributed by atoms with van der Waals surface area (Å²) in [6.45, 7) is 4.90. The molecule has 0 N–H and O–H groups in total. The molecule has 1 fully saturated rings. The Balaban J connectivity index is 2.38. The van der Waals surface area contributed by atoms with E-state index in [1.54, 1.807) is 0 Å². The highest BCUT2D eigenvalue weighted by molar-refractivity contribution is 5.37. The molecule has 2 nitrogen and oxygen atoms in total. The lowest BCUT2D eigenvalue weighted by molar-refractivity contribution is -0.134. The maximum atomic E-state index is 9.99. The lowest BCUT2D eigenvalue weighted by Crippen LogP contribution is -2.14. The van der Waals surface area contributed by atoms with Gasteiger partial charge in [-0.1, -0.05) is 13.8 Å². The second-order valence-electron chi connectivity index (χ2n) is 3.32. The van der Waals surface area contributed by atoms with Gasteiger partial charge in [-0.25, -0.2) is 0 Å². The van der Waals surface area contributed by atoms with Crippen LogP contribution in [0.2, 0.25) is 0 Å². The van der Waals surface area contributed by atoms with E-state index >= 15 is 0 Å². The molecule has 1 saturated carbocycles. The number of carbonyl (C=O) groups is 1. The predicted molar refractivity (Wildman–Crippen MR) is 38.5 cm³/mol. The zero-order valence-corrected chi connectivity index (χ0v) is 6.54. The van der Waals surface area contributed by atoms with E-state index in [1.807, 2.05) is 0 Å². The van der Waals surface area contributed by atoms with E-state index in [4.69, 9.17) is 4.74 Å². The van der Waals surface area contributed by atoms with Crippen molar-refractivity contribution >= 4 is 6.47 Å². The summed E-state index contributed by atoms with van der Waals surface area (Å²) in [6, 6.07) is 0. The van der Waals surface area contributed by atoms with Crippen molar-refractivity contribution < 1.29 is 9.53 Å². The molecule has 0 amide bonds. The highest BCUT2D eigenvalue weighted by atomic mass is 16.5. The van der Waals surface area contributed by atoms with Gasteiger partial charge in [0.05, 0.1) is 0 Å². The number of ether oxygens (including phenoxy) is 1. The summed E-state index contributed by atoms with van der Waals surface area (Å²) in [5, 5.41) is 0. The second-order valence-corrected chi connectivity index (χ2v) is 3.32. The van der Waals surface area contributed by atoms with Gasteiger partial charge in [0.25, 0.3) is 6.47 Å². The summed E-state index contributed by atoms with van der Waals surface area (Å²) in [6.07, 6.45) is 2.42. The number of carbonyl (C=O) groups excluding carboxylic acids is 1. The predicted octanol–water partition coefficient (Wildman–Crippen LogP) is 1.59. The van der Waals surface area contributed by atoms with Crippen molar-refractivity contribution in [2.75, 3.05) is 0 Å². The molecule has 0 aromatic carbocycles. The smallest absolute Gasteiger partial charge is 0.293 e. The summed E-state index contributed by atoms with van der Waals surface area (Å²) in [5.41, 5.74) is 0. The zero-order valence-electron chi connectivity index (χ0n) is 6.54. The van der Waals surface area contributed by atoms with Crippen LogP contribution in [0.1, 0.15) is 26.7 Å². The van der Waals surface area contributed by atoms with Crippen LogP contribution in [-0.2, 0) is 9.53 Å². The van der Waals surface area contributed by atoms with Crippen molar-refractivity contribution in [2.24, 2.45) is 11.8 Å². The normalized spacial score (nSPS) is 39.6. The van der Waals surface area contributed by atoms with Crippen molar-refractivity contribution in [3.8, 4) is 0 Å². The molecular weight excluding hydrogens is 128 g/mol. The maximum Gasteiger partial charge on any atom is 0.293 e. The van der Waals surface area contributed by atoms with Crippen LogP contribution in [0.4, 0.5) is 0 Å². The third-order valence-electron chi connectivity index (χ3n) is 2.27. The van der Waals surface area contributed by atoms with Crippen LogP contribution in [0.15, 0.2) is 0 Å². The van der Waals surface area contributed by atoms with E-state index in [0.29, 0.717) is 12.4 Å². The van der Waals surface area contributed by atoms with Crippen LogP contribution < -0.4 is 0 Å². The molecule has 10 heavy (non-hydrogen) atoms. The molecule has 3 unspecified atom stereocenters. The van der Waals surface area contributed by atoms with Crippen LogP contribution in [0.5, 0.6) is 0 Å². The minimum absolute atomic E-state index is 0.187. The average Bonchev–Trinajstić information content (AvgIpc) is 2.13. The Morgan fingerprint density at radius 2 is 2.10 bits per heavy atom. The molecule has 1 aliphatic carbocycles. The first-order valence-corrected chi connectivity index (χ1v) is 3.83.